The lowest BCUT2D eigenvalue weighted by Gasteiger charge is -2.31. The van der Waals surface area contributed by atoms with Crippen LogP contribution in [0.5, 0.6) is 0 Å². The fourth-order valence-electron chi connectivity index (χ4n) is 1.66. The normalized spacial score (nSPS) is 23.9. The van der Waals surface area contributed by atoms with Crippen LogP contribution in [0.3, 0.4) is 0 Å². The van der Waals surface area contributed by atoms with E-state index in [1.165, 1.54) is 5.56 Å². The van der Waals surface area contributed by atoms with E-state index < -0.39 is 0 Å². The largest absolute Gasteiger partial charge is 0.373 e. The Morgan fingerprint density at radius 3 is 3.29 bits per heavy atom. The molecule has 1 aromatic heterocycles. The van der Waals surface area contributed by atoms with E-state index in [0.717, 1.165) is 13.1 Å². The topological polar surface area (TPSA) is 12.5 Å². The van der Waals surface area contributed by atoms with Gasteiger partial charge in [-0.05, 0) is 22.4 Å². The van der Waals surface area contributed by atoms with Gasteiger partial charge in [-0.25, -0.2) is 4.39 Å². The van der Waals surface area contributed by atoms with Gasteiger partial charge in [0.2, 0.25) is 0 Å². The van der Waals surface area contributed by atoms with E-state index in [4.69, 9.17) is 4.74 Å². The molecule has 2 heterocycles. The molecule has 1 aliphatic heterocycles. The fourth-order valence-corrected chi connectivity index (χ4v) is 2.32. The molecule has 0 amide bonds. The Kier molecular flexibility index (Phi) is 3.50. The van der Waals surface area contributed by atoms with Crippen molar-refractivity contribution in [3.8, 4) is 0 Å². The minimum Gasteiger partial charge on any atom is -0.373 e. The van der Waals surface area contributed by atoms with Gasteiger partial charge in [0.25, 0.3) is 0 Å². The smallest absolute Gasteiger partial charge is 0.117 e. The number of hydrogen-bond donors (Lipinski definition) is 0. The quantitative estimate of drug-likeness (QED) is 0.763. The monoisotopic (exact) mass is 215 g/mol. The first-order valence-electron chi connectivity index (χ1n) is 4.79. The molecule has 1 fully saturated rings. The number of rotatable bonds is 3. The van der Waals surface area contributed by atoms with Gasteiger partial charge in [0.05, 0.1) is 12.7 Å². The van der Waals surface area contributed by atoms with Crippen molar-refractivity contribution < 1.29 is 9.13 Å². The number of hydrogen-bond acceptors (Lipinski definition) is 3. The molecule has 4 heteroatoms. The molecule has 1 aliphatic rings. The predicted molar refractivity (Wildman–Crippen MR) is 55.3 cm³/mol. The molecule has 0 aliphatic carbocycles. The van der Waals surface area contributed by atoms with Gasteiger partial charge in [-0.1, -0.05) is 0 Å². The molecule has 0 aromatic carbocycles. The number of ether oxygens (including phenoxy) is 1. The predicted octanol–water partition coefficient (Wildman–Crippen LogP) is 1.92. The first-order chi connectivity index (χ1) is 6.88. The summed E-state index contributed by atoms with van der Waals surface area (Å²) in [5.74, 6) is 0. The summed E-state index contributed by atoms with van der Waals surface area (Å²) in [7, 11) is 0. The number of thiophene rings is 1. The van der Waals surface area contributed by atoms with Crippen LogP contribution in [-0.4, -0.2) is 37.4 Å². The van der Waals surface area contributed by atoms with Gasteiger partial charge in [-0.3, -0.25) is 4.90 Å². The van der Waals surface area contributed by atoms with Crippen LogP contribution < -0.4 is 0 Å². The Morgan fingerprint density at radius 1 is 1.64 bits per heavy atom. The highest BCUT2D eigenvalue weighted by Gasteiger charge is 2.19. The molecule has 0 saturated carbocycles. The Morgan fingerprint density at radius 2 is 2.57 bits per heavy atom. The summed E-state index contributed by atoms with van der Waals surface area (Å²) in [6.07, 6.45) is -0.220. The van der Waals surface area contributed by atoms with Crippen molar-refractivity contribution in [1.29, 1.82) is 0 Å². The summed E-state index contributed by atoms with van der Waals surface area (Å²) in [6, 6.07) is 2.12. The molecule has 0 radical (unpaired) electrons. The minimum atomic E-state index is -0.375. The second-order valence-corrected chi connectivity index (χ2v) is 4.29. The lowest BCUT2D eigenvalue weighted by atomic mass is 10.2. The molecule has 1 atom stereocenters. The maximum absolute atomic E-state index is 12.4. The number of alkyl halides is 1. The van der Waals surface area contributed by atoms with Crippen LogP contribution in [0.1, 0.15) is 5.56 Å². The summed E-state index contributed by atoms with van der Waals surface area (Å²) in [4.78, 5) is 2.25. The first-order valence-corrected chi connectivity index (χ1v) is 5.74. The molecule has 0 N–H and O–H groups in total. The molecule has 14 heavy (non-hydrogen) atoms. The molecule has 1 saturated heterocycles. The van der Waals surface area contributed by atoms with Gasteiger partial charge in [-0.15, -0.1) is 0 Å². The van der Waals surface area contributed by atoms with Crippen molar-refractivity contribution in [2.75, 3.05) is 26.4 Å². The zero-order valence-electron chi connectivity index (χ0n) is 7.99. The van der Waals surface area contributed by atoms with E-state index in [-0.39, 0.29) is 12.8 Å². The standard InChI is InChI=1S/C10H14FNOS/c11-5-10-7-12(2-3-13-10)6-9-1-4-14-8-9/h1,4,8,10H,2-3,5-7H2. The Hall–Kier alpha value is -0.450. The molecule has 0 bridgehead atoms. The van der Waals surface area contributed by atoms with Gasteiger partial charge in [-0.2, -0.15) is 11.3 Å². The van der Waals surface area contributed by atoms with Crippen molar-refractivity contribution in [1.82, 2.24) is 4.90 Å². The van der Waals surface area contributed by atoms with E-state index in [2.05, 4.69) is 21.7 Å². The highest BCUT2D eigenvalue weighted by Crippen LogP contribution is 2.12. The highest BCUT2D eigenvalue weighted by atomic mass is 32.1. The maximum Gasteiger partial charge on any atom is 0.117 e. The van der Waals surface area contributed by atoms with Gasteiger partial charge in [0, 0.05) is 19.6 Å². The van der Waals surface area contributed by atoms with Crippen molar-refractivity contribution in [3.05, 3.63) is 22.4 Å². The van der Waals surface area contributed by atoms with Crippen LogP contribution in [0.15, 0.2) is 16.8 Å². The second kappa shape index (κ2) is 4.87. The lowest BCUT2D eigenvalue weighted by molar-refractivity contribution is -0.0412. The molecule has 78 valence electrons. The zero-order valence-corrected chi connectivity index (χ0v) is 8.80. The average Bonchev–Trinajstić information content (AvgIpc) is 2.71. The third kappa shape index (κ3) is 2.53. The first kappa shape index (κ1) is 10.1. The van der Waals surface area contributed by atoms with E-state index in [0.29, 0.717) is 13.2 Å². The van der Waals surface area contributed by atoms with Gasteiger partial charge in [0.15, 0.2) is 0 Å². The number of nitrogens with zero attached hydrogens (tertiary/aromatic N) is 1. The summed E-state index contributed by atoms with van der Waals surface area (Å²) >= 11 is 1.70. The van der Waals surface area contributed by atoms with E-state index in [1.807, 2.05) is 0 Å². The van der Waals surface area contributed by atoms with Gasteiger partial charge < -0.3 is 4.74 Å². The second-order valence-electron chi connectivity index (χ2n) is 3.51. The third-order valence-electron chi connectivity index (χ3n) is 2.38. The van der Waals surface area contributed by atoms with Crippen LogP contribution in [0, 0.1) is 0 Å². The van der Waals surface area contributed by atoms with Crippen molar-refractivity contribution in [3.63, 3.8) is 0 Å². The molecule has 1 unspecified atom stereocenters. The van der Waals surface area contributed by atoms with Gasteiger partial charge in [0.1, 0.15) is 6.67 Å². The maximum atomic E-state index is 12.4. The average molecular weight is 215 g/mol. The van der Waals surface area contributed by atoms with Crippen LogP contribution >= 0.6 is 11.3 Å². The molecular weight excluding hydrogens is 201 g/mol. The summed E-state index contributed by atoms with van der Waals surface area (Å²) in [5.41, 5.74) is 1.31. The highest BCUT2D eigenvalue weighted by molar-refractivity contribution is 7.07. The summed E-state index contributed by atoms with van der Waals surface area (Å²) in [6.45, 7) is 2.82. The zero-order chi connectivity index (χ0) is 9.80. The van der Waals surface area contributed by atoms with Crippen LogP contribution in [0.25, 0.3) is 0 Å². The van der Waals surface area contributed by atoms with Crippen LogP contribution in [0.2, 0.25) is 0 Å². The van der Waals surface area contributed by atoms with Gasteiger partial charge >= 0.3 is 0 Å². The number of halogens is 1. The third-order valence-corrected chi connectivity index (χ3v) is 3.11. The van der Waals surface area contributed by atoms with Crippen LogP contribution in [0.4, 0.5) is 4.39 Å². The van der Waals surface area contributed by atoms with E-state index >= 15 is 0 Å². The lowest BCUT2D eigenvalue weighted by Crippen LogP contribution is -2.42. The van der Waals surface area contributed by atoms with Crippen molar-refractivity contribution >= 4 is 11.3 Å². The van der Waals surface area contributed by atoms with E-state index in [9.17, 15) is 4.39 Å². The minimum absolute atomic E-state index is 0.220. The molecule has 2 nitrogen and oxygen atoms in total. The fraction of sp³-hybridized carbons (Fsp3) is 0.600. The van der Waals surface area contributed by atoms with Crippen molar-refractivity contribution in [2.24, 2.45) is 0 Å². The Labute approximate surface area is 87.3 Å². The SMILES string of the molecule is FCC1CN(Cc2ccsc2)CCO1. The molecule has 0 spiro atoms. The molecular formula is C10H14FNOS. The summed E-state index contributed by atoms with van der Waals surface area (Å²) < 4.78 is 17.6. The Balaban J connectivity index is 1.86. The van der Waals surface area contributed by atoms with Crippen LogP contribution in [-0.2, 0) is 11.3 Å². The molecule has 1 aromatic rings. The number of morpholine rings is 1. The van der Waals surface area contributed by atoms with Crippen molar-refractivity contribution in [2.45, 2.75) is 12.6 Å². The Bertz CT molecular complexity index is 265. The molecule has 2 rings (SSSR count). The summed E-state index contributed by atoms with van der Waals surface area (Å²) in [5, 5.41) is 4.21. The van der Waals surface area contributed by atoms with E-state index in [1.54, 1.807) is 11.3 Å².